The van der Waals surface area contributed by atoms with Crippen molar-refractivity contribution in [2.24, 2.45) is 28.6 Å². The molecule has 2 aromatic carbocycles. The van der Waals surface area contributed by atoms with Crippen molar-refractivity contribution in [2.75, 3.05) is 12.3 Å². The van der Waals surface area contributed by atoms with Gasteiger partial charge in [-0.2, -0.15) is 0 Å². The van der Waals surface area contributed by atoms with Crippen molar-refractivity contribution >= 4 is 17.3 Å². The SMILES string of the molecule is C[C@]12C=CC(=O)C=C1CC[C@@H]1[C@@H]2[C@@H](O)C[C@@]2(C)[C@H]1C[C@H]1O[C@@H](c3ccc(Cc4cc(N)cc(CO)c4)cc3)O[C@]12C(=O)CO. The Kier molecular flexibility index (Phi) is 7.03. The molecule has 0 amide bonds. The Morgan fingerprint density at radius 3 is 2.55 bits per heavy atom. The molecule has 8 heteroatoms. The van der Waals surface area contributed by atoms with Crippen molar-refractivity contribution in [2.45, 2.75) is 76.7 Å². The van der Waals surface area contributed by atoms with Crippen molar-refractivity contribution in [3.05, 3.63) is 88.5 Å². The molecule has 44 heavy (non-hydrogen) atoms. The number of Topliss-reactive ketones (excluding diaryl/α,β-unsaturated/α-hetero) is 1. The van der Waals surface area contributed by atoms with Gasteiger partial charge in [0, 0.05) is 28.0 Å². The Balaban J connectivity index is 1.16. The van der Waals surface area contributed by atoms with Crippen molar-refractivity contribution < 1.29 is 34.4 Å². The number of aliphatic hydroxyl groups is 3. The fourth-order valence-corrected chi connectivity index (χ4v) is 9.85. The Labute approximate surface area is 257 Å². The van der Waals surface area contributed by atoms with Crippen molar-refractivity contribution in [3.63, 3.8) is 0 Å². The summed E-state index contributed by atoms with van der Waals surface area (Å²) in [6.07, 6.45) is 6.46. The number of carbonyl (C=O) groups excluding carboxylic acids is 2. The van der Waals surface area contributed by atoms with E-state index in [1.807, 2.05) is 49.4 Å². The lowest BCUT2D eigenvalue weighted by atomic mass is 9.46. The maximum Gasteiger partial charge on any atom is 0.193 e. The van der Waals surface area contributed by atoms with Crippen molar-refractivity contribution in [1.29, 1.82) is 0 Å². The van der Waals surface area contributed by atoms with Crippen LogP contribution in [0.25, 0.3) is 0 Å². The van der Waals surface area contributed by atoms with Crippen LogP contribution in [0.4, 0.5) is 5.69 Å². The lowest BCUT2D eigenvalue weighted by molar-refractivity contribution is -0.201. The number of ketones is 2. The molecule has 4 aliphatic carbocycles. The molecule has 1 heterocycles. The average molecular weight is 600 g/mol. The second-order valence-electron chi connectivity index (χ2n) is 14.0. The number of aliphatic hydroxyl groups excluding tert-OH is 3. The van der Waals surface area contributed by atoms with E-state index in [-0.39, 0.29) is 30.1 Å². The molecule has 1 saturated heterocycles. The molecular weight excluding hydrogens is 558 g/mol. The largest absolute Gasteiger partial charge is 0.399 e. The first-order chi connectivity index (χ1) is 21.0. The Morgan fingerprint density at radius 2 is 1.82 bits per heavy atom. The molecule has 8 nitrogen and oxygen atoms in total. The number of allylic oxidation sites excluding steroid dienone is 4. The summed E-state index contributed by atoms with van der Waals surface area (Å²) in [7, 11) is 0. The number of hydrogen-bond donors (Lipinski definition) is 4. The maximum atomic E-state index is 13.8. The fraction of sp³-hybridized carbons (Fsp3) is 0.500. The van der Waals surface area contributed by atoms with Gasteiger partial charge in [0.05, 0.1) is 18.8 Å². The summed E-state index contributed by atoms with van der Waals surface area (Å²) in [5, 5.41) is 31.6. The second kappa shape index (κ2) is 10.5. The third kappa shape index (κ3) is 4.22. The van der Waals surface area contributed by atoms with Crippen LogP contribution in [-0.4, -0.2) is 51.3 Å². The molecule has 4 fully saturated rings. The molecule has 0 bridgehead atoms. The molecule has 0 spiro atoms. The van der Waals surface area contributed by atoms with E-state index in [0.29, 0.717) is 24.9 Å². The first kappa shape index (κ1) is 29.6. The lowest BCUT2D eigenvalue weighted by Gasteiger charge is -2.59. The predicted molar refractivity (Wildman–Crippen MR) is 163 cm³/mol. The van der Waals surface area contributed by atoms with Gasteiger partial charge < -0.3 is 30.5 Å². The minimum atomic E-state index is -1.38. The summed E-state index contributed by atoms with van der Waals surface area (Å²) < 4.78 is 13.3. The first-order valence-corrected chi connectivity index (χ1v) is 15.7. The molecular formula is C36H41NO7. The molecule has 1 aliphatic heterocycles. The highest BCUT2D eigenvalue weighted by molar-refractivity contribution is 6.01. The number of nitrogen functional groups attached to an aromatic ring is 1. The number of rotatable bonds is 6. The van der Waals surface area contributed by atoms with Crippen LogP contribution in [0, 0.1) is 28.6 Å². The molecule has 0 unspecified atom stereocenters. The number of nitrogens with two attached hydrogens (primary N) is 1. The molecule has 232 valence electrons. The topological polar surface area (TPSA) is 139 Å². The van der Waals surface area contributed by atoms with Crippen LogP contribution in [0.1, 0.15) is 68.1 Å². The van der Waals surface area contributed by atoms with Crippen molar-refractivity contribution in [3.8, 4) is 0 Å². The number of anilines is 1. The van der Waals surface area contributed by atoms with Crippen LogP contribution >= 0.6 is 0 Å². The minimum absolute atomic E-state index is 0.00423. The van der Waals surface area contributed by atoms with Gasteiger partial charge in [0.1, 0.15) is 6.61 Å². The minimum Gasteiger partial charge on any atom is -0.399 e. The second-order valence-corrected chi connectivity index (χ2v) is 14.0. The predicted octanol–water partition coefficient (Wildman–Crippen LogP) is 3.95. The van der Waals surface area contributed by atoms with Crippen LogP contribution in [-0.2, 0) is 32.1 Å². The van der Waals surface area contributed by atoms with Gasteiger partial charge in [0.15, 0.2) is 23.5 Å². The van der Waals surface area contributed by atoms with E-state index >= 15 is 0 Å². The Bertz CT molecular complexity index is 1560. The van der Waals surface area contributed by atoms with Gasteiger partial charge in [-0.05, 0) is 84.9 Å². The smallest absolute Gasteiger partial charge is 0.193 e. The monoisotopic (exact) mass is 599 g/mol. The van der Waals surface area contributed by atoms with Crippen LogP contribution in [0.5, 0.6) is 0 Å². The summed E-state index contributed by atoms with van der Waals surface area (Å²) >= 11 is 0. The van der Waals surface area contributed by atoms with Gasteiger partial charge in [-0.3, -0.25) is 9.59 Å². The summed E-state index contributed by atoms with van der Waals surface area (Å²) in [5.74, 6) is -0.325. The maximum absolute atomic E-state index is 13.8. The molecule has 2 aromatic rings. The zero-order valence-electron chi connectivity index (χ0n) is 25.2. The Morgan fingerprint density at radius 1 is 1.07 bits per heavy atom. The van der Waals surface area contributed by atoms with Gasteiger partial charge in [0.25, 0.3) is 0 Å². The van der Waals surface area contributed by atoms with E-state index in [0.717, 1.165) is 40.7 Å². The zero-order valence-corrected chi connectivity index (χ0v) is 25.2. The van der Waals surface area contributed by atoms with E-state index in [9.17, 15) is 24.9 Å². The molecule has 7 rings (SSSR count). The van der Waals surface area contributed by atoms with E-state index in [1.165, 1.54) is 0 Å². The summed E-state index contributed by atoms with van der Waals surface area (Å²) in [5.41, 5.74) is 8.76. The number of ether oxygens (including phenoxy) is 2. The Hall–Kier alpha value is -3.14. The van der Waals surface area contributed by atoms with Gasteiger partial charge in [-0.25, -0.2) is 0 Å². The van der Waals surface area contributed by atoms with Crippen molar-refractivity contribution in [1.82, 2.24) is 0 Å². The van der Waals surface area contributed by atoms with Crippen LogP contribution in [0.3, 0.4) is 0 Å². The molecule has 9 atom stereocenters. The summed E-state index contributed by atoms with van der Waals surface area (Å²) in [6.45, 7) is 3.43. The summed E-state index contributed by atoms with van der Waals surface area (Å²) in [4.78, 5) is 25.9. The van der Waals surface area contributed by atoms with Gasteiger partial charge in [-0.1, -0.05) is 55.8 Å². The standard InChI is InChI=1S/C36H41NO7/c1-34-10-9-26(40)15-24(34)7-8-27-28-16-31-36(30(42)19-39,35(28,2)17-29(41)32(27)34)44-33(43-31)23-5-3-20(4-6-23)11-21-12-22(18-38)14-25(37)13-21/h3-6,9-10,12-15,27-29,31-33,38-39,41H,7-8,11,16-19,37H2,1-2H3/t27-,28-,29-,31+,32+,33+,34-,35-,36+/m0/s1. The number of hydrogen-bond acceptors (Lipinski definition) is 8. The third-order valence-electron chi connectivity index (χ3n) is 11.7. The summed E-state index contributed by atoms with van der Waals surface area (Å²) in [6, 6.07) is 13.5. The van der Waals surface area contributed by atoms with Crippen LogP contribution in [0.15, 0.2) is 66.3 Å². The van der Waals surface area contributed by atoms with E-state index in [4.69, 9.17) is 15.2 Å². The highest BCUT2D eigenvalue weighted by atomic mass is 16.7. The van der Waals surface area contributed by atoms with E-state index in [1.54, 1.807) is 18.2 Å². The average Bonchev–Trinajstić information content (AvgIpc) is 3.50. The zero-order chi connectivity index (χ0) is 31.0. The van der Waals surface area contributed by atoms with Gasteiger partial charge >= 0.3 is 0 Å². The fourth-order valence-electron chi connectivity index (χ4n) is 9.85. The normalized spacial score (nSPS) is 38.8. The molecule has 5 N–H and O–H groups in total. The number of carbonyl (C=O) groups is 2. The number of benzene rings is 2. The number of fused-ring (bicyclic) bond motifs is 7. The van der Waals surface area contributed by atoms with Gasteiger partial charge in [-0.15, -0.1) is 0 Å². The highest BCUT2D eigenvalue weighted by Gasteiger charge is 2.75. The highest BCUT2D eigenvalue weighted by Crippen LogP contribution is 2.70. The van der Waals surface area contributed by atoms with Crippen LogP contribution in [0.2, 0.25) is 0 Å². The molecule has 3 saturated carbocycles. The molecule has 5 aliphatic rings. The first-order valence-electron chi connectivity index (χ1n) is 15.7. The lowest BCUT2D eigenvalue weighted by Crippen LogP contribution is -2.63. The van der Waals surface area contributed by atoms with Crippen LogP contribution < -0.4 is 5.73 Å². The molecule has 0 radical (unpaired) electrons. The van der Waals surface area contributed by atoms with E-state index in [2.05, 4.69) is 6.92 Å². The third-order valence-corrected chi connectivity index (χ3v) is 11.7. The van der Waals surface area contributed by atoms with Gasteiger partial charge in [0.2, 0.25) is 0 Å². The molecule has 0 aromatic heterocycles. The van der Waals surface area contributed by atoms with E-state index < -0.39 is 47.3 Å². The quantitative estimate of drug-likeness (QED) is 0.366.